The molecule has 1 aliphatic carbocycles. The van der Waals surface area contributed by atoms with Crippen molar-refractivity contribution in [3.8, 4) is 5.69 Å². The summed E-state index contributed by atoms with van der Waals surface area (Å²) < 4.78 is 15.5. The van der Waals surface area contributed by atoms with Crippen molar-refractivity contribution in [2.45, 2.75) is 52.4 Å². The topological polar surface area (TPSA) is 67.2 Å². The van der Waals surface area contributed by atoms with Crippen LogP contribution in [0.1, 0.15) is 56.1 Å². The molecule has 1 amide bonds. The van der Waals surface area contributed by atoms with Crippen molar-refractivity contribution in [2.24, 2.45) is 11.8 Å². The Hall–Kier alpha value is -3.81. The summed E-state index contributed by atoms with van der Waals surface area (Å²) in [6, 6.07) is 16.7. The summed E-state index contributed by atoms with van der Waals surface area (Å²) >= 11 is 0. The maximum atomic E-state index is 13.7. The van der Waals surface area contributed by atoms with Gasteiger partial charge in [0.2, 0.25) is 5.91 Å². The number of hydrogen-bond acceptors (Lipinski definition) is 5. The van der Waals surface area contributed by atoms with Gasteiger partial charge in [-0.1, -0.05) is 44.2 Å². The number of carbonyl (C=O) groups is 1. The molecule has 2 atom stereocenters. The first-order chi connectivity index (χ1) is 19.4. The van der Waals surface area contributed by atoms with E-state index in [1.807, 2.05) is 13.0 Å². The molecular formula is C32H37FN6O. The Morgan fingerprint density at radius 2 is 1.77 bits per heavy atom. The van der Waals surface area contributed by atoms with Gasteiger partial charge in [0.25, 0.3) is 0 Å². The maximum Gasteiger partial charge on any atom is 0.226 e. The van der Waals surface area contributed by atoms with E-state index < -0.39 is 0 Å². The zero-order chi connectivity index (χ0) is 27.8. The average Bonchev–Trinajstić information content (AvgIpc) is 3.74. The van der Waals surface area contributed by atoms with Gasteiger partial charge >= 0.3 is 0 Å². The summed E-state index contributed by atoms with van der Waals surface area (Å²) in [6.07, 6.45) is 3.58. The quantitative estimate of drug-likeness (QED) is 0.301. The third kappa shape index (κ3) is 5.31. The van der Waals surface area contributed by atoms with Crippen LogP contribution in [-0.4, -0.2) is 56.7 Å². The van der Waals surface area contributed by atoms with E-state index in [9.17, 15) is 9.18 Å². The number of aryl methyl sites for hydroxylation is 2. The third-order valence-corrected chi connectivity index (χ3v) is 8.19. The highest BCUT2D eigenvalue weighted by molar-refractivity contribution is 5.91. The molecule has 0 spiro atoms. The van der Waals surface area contributed by atoms with Crippen LogP contribution in [0.3, 0.4) is 0 Å². The number of hydrogen-bond donors (Lipinski definition) is 0. The Morgan fingerprint density at radius 3 is 2.52 bits per heavy atom. The number of halogens is 1. The normalized spacial score (nSPS) is 19.3. The Morgan fingerprint density at radius 1 is 1.00 bits per heavy atom. The monoisotopic (exact) mass is 540 g/mol. The van der Waals surface area contributed by atoms with Crippen molar-refractivity contribution in [1.29, 1.82) is 0 Å². The highest BCUT2D eigenvalue weighted by Crippen LogP contribution is 2.48. The maximum absolute atomic E-state index is 13.7. The van der Waals surface area contributed by atoms with Crippen LogP contribution in [0.5, 0.6) is 0 Å². The lowest BCUT2D eigenvalue weighted by Gasteiger charge is -2.24. The summed E-state index contributed by atoms with van der Waals surface area (Å²) in [4.78, 5) is 27.8. The predicted octanol–water partition coefficient (Wildman–Crippen LogP) is 5.69. The number of anilines is 1. The number of aromatic nitrogens is 4. The number of rotatable bonds is 7. The lowest BCUT2D eigenvalue weighted by molar-refractivity contribution is -0.132. The van der Waals surface area contributed by atoms with E-state index in [0.717, 1.165) is 72.8 Å². The van der Waals surface area contributed by atoms with Crippen molar-refractivity contribution in [3.63, 3.8) is 0 Å². The lowest BCUT2D eigenvalue weighted by Crippen LogP contribution is -2.36. The van der Waals surface area contributed by atoms with Gasteiger partial charge in [-0.05, 0) is 67.9 Å². The molecule has 40 heavy (non-hydrogen) atoms. The molecule has 208 valence electrons. The van der Waals surface area contributed by atoms with Gasteiger partial charge in [0.1, 0.15) is 17.5 Å². The molecular weight excluding hydrogens is 503 g/mol. The fourth-order valence-electron chi connectivity index (χ4n) is 5.85. The van der Waals surface area contributed by atoms with Crippen molar-refractivity contribution >= 4 is 22.8 Å². The van der Waals surface area contributed by atoms with Crippen LogP contribution < -0.4 is 4.90 Å². The van der Waals surface area contributed by atoms with E-state index in [0.29, 0.717) is 24.9 Å². The molecule has 0 radical (unpaired) electrons. The summed E-state index contributed by atoms with van der Waals surface area (Å²) in [5, 5.41) is 5.74. The number of carbonyl (C=O) groups excluding carboxylic acids is 1. The lowest BCUT2D eigenvalue weighted by atomic mass is 10.1. The van der Waals surface area contributed by atoms with Gasteiger partial charge < -0.3 is 9.80 Å². The largest absolute Gasteiger partial charge is 0.354 e. The minimum atomic E-state index is -0.283. The van der Waals surface area contributed by atoms with E-state index in [1.165, 1.54) is 17.7 Å². The molecule has 0 N–H and O–H groups in total. The van der Waals surface area contributed by atoms with Crippen LogP contribution in [0.25, 0.3) is 16.7 Å². The van der Waals surface area contributed by atoms with Gasteiger partial charge in [-0.2, -0.15) is 5.10 Å². The zero-order valence-corrected chi connectivity index (χ0v) is 23.6. The number of benzene rings is 2. The molecule has 0 bridgehead atoms. The molecule has 1 aliphatic heterocycles. The molecule has 0 unspecified atom stereocenters. The van der Waals surface area contributed by atoms with Crippen molar-refractivity contribution in [2.75, 3.05) is 31.1 Å². The van der Waals surface area contributed by atoms with Crippen LogP contribution in [0.2, 0.25) is 0 Å². The Balaban J connectivity index is 1.28. The smallest absolute Gasteiger partial charge is 0.226 e. The van der Waals surface area contributed by atoms with Crippen LogP contribution in [0.4, 0.5) is 10.2 Å². The second-order valence-corrected chi connectivity index (χ2v) is 11.6. The van der Waals surface area contributed by atoms with Gasteiger partial charge in [0, 0.05) is 38.5 Å². The summed E-state index contributed by atoms with van der Waals surface area (Å²) in [7, 11) is 0. The SMILES string of the molecule is Cc1nn(-c2ccc(F)cc2)c2nc(CCC(C)C)nc(N3CCCN(C(=O)[C@H]4C[C@H]4c4ccccc4)CC3)c12. The predicted molar refractivity (Wildman–Crippen MR) is 155 cm³/mol. The van der Waals surface area contributed by atoms with E-state index >= 15 is 0 Å². The standard InChI is InChI=1S/C32H37FN6O/c1-21(2)10-15-28-34-30(29-22(3)36-39(31(29)35-28)25-13-11-24(33)12-14-25)37-16-7-17-38(19-18-37)32(40)27-20-26(27)23-8-5-4-6-9-23/h4-6,8-9,11-14,21,26-27H,7,10,15-20H2,1-3H3/t26-,27-/m0/s1. The Bertz CT molecular complexity index is 1500. The minimum Gasteiger partial charge on any atom is -0.354 e. The second kappa shape index (κ2) is 11.0. The second-order valence-electron chi connectivity index (χ2n) is 11.6. The molecule has 1 saturated heterocycles. The van der Waals surface area contributed by atoms with E-state index in [4.69, 9.17) is 15.1 Å². The van der Waals surface area contributed by atoms with Gasteiger partial charge in [-0.15, -0.1) is 0 Å². The van der Waals surface area contributed by atoms with Crippen LogP contribution in [0.15, 0.2) is 54.6 Å². The van der Waals surface area contributed by atoms with Gasteiger partial charge in [0.15, 0.2) is 5.65 Å². The number of amides is 1. The molecule has 8 heteroatoms. The van der Waals surface area contributed by atoms with Crippen LogP contribution in [-0.2, 0) is 11.2 Å². The van der Waals surface area contributed by atoms with Gasteiger partial charge in [-0.25, -0.2) is 19.0 Å². The molecule has 2 aromatic carbocycles. The summed E-state index contributed by atoms with van der Waals surface area (Å²) in [6.45, 7) is 9.35. The van der Waals surface area contributed by atoms with E-state index in [2.05, 4.69) is 47.9 Å². The first kappa shape index (κ1) is 26.4. The fraction of sp³-hybridized carbons (Fsp3) is 0.438. The molecule has 7 nitrogen and oxygen atoms in total. The molecule has 3 heterocycles. The van der Waals surface area contributed by atoms with Crippen LogP contribution >= 0.6 is 0 Å². The zero-order valence-electron chi connectivity index (χ0n) is 23.6. The van der Waals surface area contributed by atoms with Crippen molar-refractivity contribution in [3.05, 3.63) is 77.5 Å². The average molecular weight is 541 g/mol. The highest BCUT2D eigenvalue weighted by atomic mass is 19.1. The van der Waals surface area contributed by atoms with Crippen LogP contribution in [0, 0.1) is 24.6 Å². The third-order valence-electron chi connectivity index (χ3n) is 8.19. The van der Waals surface area contributed by atoms with E-state index in [-0.39, 0.29) is 17.6 Å². The molecule has 2 fully saturated rings. The number of fused-ring (bicyclic) bond motifs is 1. The summed E-state index contributed by atoms with van der Waals surface area (Å²) in [5.74, 6) is 2.65. The minimum absolute atomic E-state index is 0.0959. The molecule has 1 saturated carbocycles. The first-order valence-corrected chi connectivity index (χ1v) is 14.5. The Kier molecular flexibility index (Phi) is 7.26. The van der Waals surface area contributed by atoms with Gasteiger partial charge in [0.05, 0.1) is 16.8 Å². The molecule has 2 aromatic heterocycles. The van der Waals surface area contributed by atoms with Gasteiger partial charge in [-0.3, -0.25) is 4.79 Å². The first-order valence-electron chi connectivity index (χ1n) is 14.5. The molecule has 2 aliphatic rings. The molecule has 6 rings (SSSR count). The van der Waals surface area contributed by atoms with E-state index in [1.54, 1.807) is 16.8 Å². The molecule has 4 aromatic rings. The Labute approximate surface area is 235 Å². The van der Waals surface area contributed by atoms with Crippen molar-refractivity contribution < 1.29 is 9.18 Å². The highest BCUT2D eigenvalue weighted by Gasteiger charge is 2.45. The van der Waals surface area contributed by atoms with Crippen molar-refractivity contribution in [1.82, 2.24) is 24.6 Å². The number of nitrogens with zero attached hydrogens (tertiary/aromatic N) is 6. The summed E-state index contributed by atoms with van der Waals surface area (Å²) in [5.41, 5.74) is 3.62. The fourth-order valence-corrected chi connectivity index (χ4v) is 5.85.